The molecule has 0 aliphatic carbocycles. The van der Waals surface area contributed by atoms with Crippen LogP contribution in [0.5, 0.6) is 11.5 Å². The van der Waals surface area contributed by atoms with Crippen LogP contribution in [0.2, 0.25) is 5.02 Å². The zero-order chi connectivity index (χ0) is 25.4. The lowest BCUT2D eigenvalue weighted by atomic mass is 10.00. The van der Waals surface area contributed by atoms with Gasteiger partial charge in [-0.15, -0.1) is 6.42 Å². The Morgan fingerprint density at radius 1 is 1.09 bits per heavy atom. The van der Waals surface area contributed by atoms with Gasteiger partial charge in [0, 0.05) is 28.4 Å². The second kappa shape index (κ2) is 9.06. The van der Waals surface area contributed by atoms with Crippen LogP contribution in [-0.2, 0) is 12.0 Å². The summed E-state index contributed by atoms with van der Waals surface area (Å²) in [7, 11) is 2.96. The number of ether oxygens (including phenoxy) is 2. The number of alkyl halides is 3. The highest BCUT2D eigenvalue weighted by Gasteiger charge is 2.38. The Bertz CT molecular complexity index is 1370. The molecule has 180 valence electrons. The van der Waals surface area contributed by atoms with Crippen molar-refractivity contribution in [3.05, 3.63) is 81.9 Å². The molecule has 1 aliphatic heterocycles. The summed E-state index contributed by atoms with van der Waals surface area (Å²) in [6.45, 7) is 0. The zero-order valence-corrected chi connectivity index (χ0v) is 19.4. The van der Waals surface area contributed by atoms with Crippen LogP contribution in [0.4, 0.5) is 24.5 Å². The Morgan fingerprint density at radius 3 is 2.46 bits per heavy atom. The van der Waals surface area contributed by atoms with E-state index >= 15 is 0 Å². The number of halogens is 4. The molecule has 1 aliphatic rings. The predicted molar refractivity (Wildman–Crippen MR) is 130 cm³/mol. The van der Waals surface area contributed by atoms with Gasteiger partial charge >= 0.3 is 6.18 Å². The van der Waals surface area contributed by atoms with Crippen LogP contribution >= 0.6 is 11.6 Å². The van der Waals surface area contributed by atoms with E-state index in [0.29, 0.717) is 34.0 Å². The number of anilines is 2. The number of rotatable bonds is 4. The molecule has 0 amide bonds. The van der Waals surface area contributed by atoms with Crippen LogP contribution in [0.1, 0.15) is 22.3 Å². The number of nitrogens with zero attached hydrogens (tertiary/aromatic N) is 1. The highest BCUT2D eigenvalue weighted by atomic mass is 35.5. The number of terminal acetylenes is 1. The van der Waals surface area contributed by atoms with E-state index in [-0.39, 0.29) is 11.4 Å². The van der Waals surface area contributed by atoms with Crippen molar-refractivity contribution >= 4 is 28.8 Å². The van der Waals surface area contributed by atoms with Crippen molar-refractivity contribution in [1.29, 1.82) is 0 Å². The molecule has 0 bridgehead atoms. The van der Waals surface area contributed by atoms with E-state index in [1.165, 1.54) is 20.3 Å². The number of amidine groups is 1. The summed E-state index contributed by atoms with van der Waals surface area (Å²) in [6, 6.07) is 13.7. The lowest BCUT2D eigenvalue weighted by Crippen LogP contribution is -2.47. The summed E-state index contributed by atoms with van der Waals surface area (Å²) >= 11 is 5.81. The summed E-state index contributed by atoms with van der Waals surface area (Å²) < 4.78 is 51.4. The van der Waals surface area contributed by atoms with Crippen LogP contribution in [0.25, 0.3) is 0 Å². The molecule has 6 nitrogen and oxygen atoms in total. The minimum absolute atomic E-state index is 0.0475. The number of hydrogen-bond acceptors (Lipinski definition) is 6. The van der Waals surface area contributed by atoms with E-state index in [2.05, 4.69) is 21.5 Å². The van der Waals surface area contributed by atoms with Crippen molar-refractivity contribution in [1.82, 2.24) is 0 Å². The number of nitrogens with two attached hydrogens (primary N) is 1. The molecule has 0 spiro atoms. The SMILES string of the molecule is C#Cc1cccc(NC2=NC(N)(c3ccc(Cl)c(C(F)(F)F)c3)Nc3cc(OC)c(OC)cc32)c1. The summed E-state index contributed by atoms with van der Waals surface area (Å²) in [4.78, 5) is 4.57. The molecule has 0 fully saturated rings. The predicted octanol–water partition coefficient (Wildman–Crippen LogP) is 5.41. The lowest BCUT2D eigenvalue weighted by Gasteiger charge is -2.35. The van der Waals surface area contributed by atoms with Gasteiger partial charge in [-0.1, -0.05) is 29.7 Å². The molecule has 4 rings (SSSR count). The van der Waals surface area contributed by atoms with Crippen molar-refractivity contribution < 1.29 is 22.6 Å². The first-order chi connectivity index (χ1) is 16.6. The van der Waals surface area contributed by atoms with Gasteiger partial charge in [0.25, 0.3) is 0 Å². The molecule has 0 saturated carbocycles. The molecule has 1 unspecified atom stereocenters. The second-order valence-electron chi connectivity index (χ2n) is 7.65. The Labute approximate surface area is 204 Å². The molecular weight excluding hydrogens is 481 g/mol. The Morgan fingerprint density at radius 2 is 1.80 bits per heavy atom. The maximum atomic E-state index is 13.5. The molecule has 10 heteroatoms. The minimum atomic E-state index is -4.67. The van der Waals surface area contributed by atoms with Crippen LogP contribution in [-0.4, -0.2) is 20.1 Å². The maximum absolute atomic E-state index is 13.5. The molecule has 0 aromatic heterocycles. The van der Waals surface area contributed by atoms with Crippen LogP contribution < -0.4 is 25.8 Å². The van der Waals surface area contributed by atoms with Crippen molar-refractivity contribution in [2.45, 2.75) is 12.0 Å². The third kappa shape index (κ3) is 4.71. The van der Waals surface area contributed by atoms with Gasteiger partial charge < -0.3 is 20.1 Å². The molecule has 4 N–H and O–H groups in total. The van der Waals surface area contributed by atoms with Gasteiger partial charge in [0.1, 0.15) is 5.84 Å². The van der Waals surface area contributed by atoms with Gasteiger partial charge in [-0.25, -0.2) is 4.99 Å². The molecule has 3 aromatic carbocycles. The minimum Gasteiger partial charge on any atom is -0.493 e. The molecule has 1 heterocycles. The van der Waals surface area contributed by atoms with Gasteiger partial charge in [-0.2, -0.15) is 13.2 Å². The number of fused-ring (bicyclic) bond motifs is 1. The van der Waals surface area contributed by atoms with E-state index in [9.17, 15) is 13.2 Å². The molecular formula is C25H20ClF3N4O2. The summed E-state index contributed by atoms with van der Waals surface area (Å²) in [5.74, 6) is 1.87. The molecule has 1 atom stereocenters. The average Bonchev–Trinajstić information content (AvgIpc) is 2.82. The topological polar surface area (TPSA) is 80.9 Å². The largest absolute Gasteiger partial charge is 0.493 e. The number of methoxy groups -OCH3 is 2. The molecule has 0 radical (unpaired) electrons. The first kappa shape index (κ1) is 24.3. The fourth-order valence-electron chi connectivity index (χ4n) is 3.68. The van der Waals surface area contributed by atoms with Gasteiger partial charge in [0.15, 0.2) is 11.5 Å². The smallest absolute Gasteiger partial charge is 0.417 e. The van der Waals surface area contributed by atoms with Crippen molar-refractivity contribution in [2.24, 2.45) is 10.7 Å². The van der Waals surface area contributed by atoms with Crippen molar-refractivity contribution in [3.63, 3.8) is 0 Å². The summed E-state index contributed by atoms with van der Waals surface area (Å²) in [6.07, 6.45) is 0.834. The first-order valence-electron chi connectivity index (χ1n) is 10.2. The second-order valence-corrected chi connectivity index (χ2v) is 8.05. The van der Waals surface area contributed by atoms with Gasteiger partial charge in [0.2, 0.25) is 5.79 Å². The van der Waals surface area contributed by atoms with E-state index in [1.807, 2.05) is 0 Å². The Balaban J connectivity index is 1.89. The number of nitrogens with one attached hydrogen (secondary N) is 2. The van der Waals surface area contributed by atoms with Crippen LogP contribution in [0, 0.1) is 12.3 Å². The Hall–Kier alpha value is -3.87. The van der Waals surface area contributed by atoms with Crippen molar-refractivity contribution in [2.75, 3.05) is 24.9 Å². The number of aliphatic imine (C=N–C) groups is 1. The maximum Gasteiger partial charge on any atom is 0.417 e. The average molecular weight is 501 g/mol. The molecule has 35 heavy (non-hydrogen) atoms. The van der Waals surface area contributed by atoms with E-state index in [1.54, 1.807) is 36.4 Å². The highest BCUT2D eigenvalue weighted by molar-refractivity contribution is 6.31. The lowest BCUT2D eigenvalue weighted by molar-refractivity contribution is -0.137. The van der Waals surface area contributed by atoms with Gasteiger partial charge in [0.05, 0.1) is 30.5 Å². The zero-order valence-electron chi connectivity index (χ0n) is 18.6. The third-order valence-corrected chi connectivity index (χ3v) is 5.73. The number of hydrogen-bond donors (Lipinski definition) is 3. The van der Waals surface area contributed by atoms with Gasteiger partial charge in [-0.3, -0.25) is 5.73 Å². The van der Waals surface area contributed by atoms with Crippen molar-refractivity contribution in [3.8, 4) is 23.8 Å². The van der Waals surface area contributed by atoms with E-state index in [4.69, 9.17) is 33.2 Å². The van der Waals surface area contributed by atoms with Crippen LogP contribution in [0.15, 0.2) is 59.6 Å². The Kier molecular flexibility index (Phi) is 6.28. The third-order valence-electron chi connectivity index (χ3n) is 5.40. The normalized spacial score (nSPS) is 16.9. The monoisotopic (exact) mass is 500 g/mol. The van der Waals surface area contributed by atoms with Crippen LogP contribution in [0.3, 0.4) is 0 Å². The van der Waals surface area contributed by atoms with E-state index in [0.717, 1.165) is 12.1 Å². The van der Waals surface area contributed by atoms with E-state index < -0.39 is 22.5 Å². The molecule has 0 saturated heterocycles. The molecule has 3 aromatic rings. The summed E-state index contributed by atoms with van der Waals surface area (Å²) in [5.41, 5.74) is 7.84. The number of benzene rings is 3. The fraction of sp³-hybridized carbons (Fsp3) is 0.160. The van der Waals surface area contributed by atoms with Gasteiger partial charge in [-0.05, 0) is 36.4 Å². The summed E-state index contributed by atoms with van der Waals surface area (Å²) in [5, 5.41) is 5.75. The highest BCUT2D eigenvalue weighted by Crippen LogP contribution is 2.41. The first-order valence-corrected chi connectivity index (χ1v) is 10.6. The standard InChI is InChI=1S/C25H20ClF3N4O2/c1-4-14-6-5-7-16(10-14)31-23-17-12-21(34-2)22(35-3)13-20(17)32-25(30,33-23)15-8-9-19(26)18(11-15)24(27,28)29/h1,5-13,32H,30H2,2-3H3,(H,31,33). The fourth-order valence-corrected chi connectivity index (χ4v) is 3.91. The quantitative estimate of drug-likeness (QED) is 0.417.